The van der Waals surface area contributed by atoms with Crippen molar-refractivity contribution in [2.24, 2.45) is 0 Å². The monoisotopic (exact) mass is 263 g/mol. The third kappa shape index (κ3) is 2.96. The van der Waals surface area contributed by atoms with Crippen LogP contribution in [0.15, 0.2) is 18.2 Å². The summed E-state index contributed by atoms with van der Waals surface area (Å²) in [5.41, 5.74) is -2.57. The van der Waals surface area contributed by atoms with Gasteiger partial charge >= 0.3 is 12.1 Å². The van der Waals surface area contributed by atoms with Crippen LogP contribution in [0.4, 0.5) is 18.9 Å². The SMILES string of the molecule is CCOC(=O)c1cc(C(F)(F)F)ccc1[N+](=O)[O-]. The van der Waals surface area contributed by atoms with Crippen molar-refractivity contribution in [1.29, 1.82) is 0 Å². The number of esters is 1. The van der Waals surface area contributed by atoms with E-state index < -0.39 is 33.9 Å². The van der Waals surface area contributed by atoms with Crippen LogP contribution in [-0.4, -0.2) is 17.5 Å². The second-order valence-corrected chi connectivity index (χ2v) is 3.21. The average molecular weight is 263 g/mol. The number of benzene rings is 1. The Kier molecular flexibility index (Phi) is 3.89. The highest BCUT2D eigenvalue weighted by Gasteiger charge is 2.33. The molecule has 0 bridgehead atoms. The van der Waals surface area contributed by atoms with E-state index in [9.17, 15) is 28.1 Å². The van der Waals surface area contributed by atoms with Crippen molar-refractivity contribution in [3.05, 3.63) is 39.4 Å². The molecule has 0 radical (unpaired) electrons. The van der Waals surface area contributed by atoms with Gasteiger partial charge in [-0.15, -0.1) is 0 Å². The normalized spacial score (nSPS) is 11.1. The molecule has 0 atom stereocenters. The third-order valence-electron chi connectivity index (χ3n) is 2.02. The molecule has 0 fully saturated rings. The van der Waals surface area contributed by atoms with E-state index in [1.54, 1.807) is 0 Å². The predicted molar refractivity (Wildman–Crippen MR) is 54.1 cm³/mol. The summed E-state index contributed by atoms with van der Waals surface area (Å²) in [7, 11) is 0. The maximum atomic E-state index is 12.4. The fourth-order valence-electron chi connectivity index (χ4n) is 1.24. The summed E-state index contributed by atoms with van der Waals surface area (Å²) >= 11 is 0. The van der Waals surface area contributed by atoms with E-state index >= 15 is 0 Å². The van der Waals surface area contributed by atoms with Crippen LogP contribution < -0.4 is 0 Å². The molecule has 0 heterocycles. The van der Waals surface area contributed by atoms with E-state index in [1.807, 2.05) is 0 Å². The molecule has 0 amide bonds. The molecule has 0 N–H and O–H groups in total. The Morgan fingerprint density at radius 2 is 2.06 bits per heavy atom. The molecule has 0 saturated carbocycles. The summed E-state index contributed by atoms with van der Waals surface area (Å²) in [5, 5.41) is 10.6. The van der Waals surface area contributed by atoms with E-state index in [0.717, 1.165) is 0 Å². The number of carbonyl (C=O) groups excluding carboxylic acids is 1. The molecule has 0 unspecified atom stereocenters. The molecular formula is C10H8F3NO4. The number of ether oxygens (including phenoxy) is 1. The highest BCUT2D eigenvalue weighted by atomic mass is 19.4. The van der Waals surface area contributed by atoms with E-state index in [4.69, 9.17) is 0 Å². The Morgan fingerprint density at radius 1 is 1.44 bits per heavy atom. The fourth-order valence-corrected chi connectivity index (χ4v) is 1.24. The molecule has 98 valence electrons. The summed E-state index contributed by atoms with van der Waals surface area (Å²) < 4.78 is 41.8. The fraction of sp³-hybridized carbons (Fsp3) is 0.300. The number of carbonyl (C=O) groups is 1. The zero-order chi connectivity index (χ0) is 13.9. The van der Waals surface area contributed by atoms with Crippen molar-refractivity contribution in [2.75, 3.05) is 6.61 Å². The van der Waals surface area contributed by atoms with Crippen molar-refractivity contribution in [2.45, 2.75) is 13.1 Å². The van der Waals surface area contributed by atoms with Gasteiger partial charge < -0.3 is 4.74 Å². The first kappa shape index (κ1) is 13.9. The highest BCUT2D eigenvalue weighted by molar-refractivity contribution is 5.94. The second-order valence-electron chi connectivity index (χ2n) is 3.21. The molecule has 0 saturated heterocycles. The predicted octanol–water partition coefficient (Wildman–Crippen LogP) is 2.79. The van der Waals surface area contributed by atoms with Crippen LogP contribution in [0.2, 0.25) is 0 Å². The zero-order valence-corrected chi connectivity index (χ0v) is 9.15. The lowest BCUT2D eigenvalue weighted by molar-refractivity contribution is -0.385. The summed E-state index contributed by atoms with van der Waals surface area (Å²) in [6, 6.07) is 1.59. The molecular weight excluding hydrogens is 255 g/mol. The number of rotatable bonds is 3. The first-order valence-corrected chi connectivity index (χ1v) is 4.80. The molecule has 0 aliphatic rings. The molecule has 5 nitrogen and oxygen atoms in total. The number of nitrogens with zero attached hydrogens (tertiary/aromatic N) is 1. The quantitative estimate of drug-likeness (QED) is 0.477. The molecule has 0 aromatic heterocycles. The van der Waals surface area contributed by atoms with E-state index in [-0.39, 0.29) is 6.61 Å². The summed E-state index contributed by atoms with van der Waals surface area (Å²) in [5.74, 6) is -1.16. The number of nitro benzene ring substituents is 1. The van der Waals surface area contributed by atoms with Crippen molar-refractivity contribution < 1.29 is 27.6 Å². The van der Waals surface area contributed by atoms with Gasteiger partial charge in [0.05, 0.1) is 17.1 Å². The molecule has 1 aromatic rings. The Morgan fingerprint density at radius 3 is 2.50 bits per heavy atom. The van der Waals surface area contributed by atoms with Gasteiger partial charge in [0.2, 0.25) is 0 Å². The summed E-state index contributed by atoms with van der Waals surface area (Å²) in [4.78, 5) is 21.0. The van der Waals surface area contributed by atoms with Crippen LogP contribution in [0.5, 0.6) is 0 Å². The van der Waals surface area contributed by atoms with Crippen LogP contribution in [0.25, 0.3) is 0 Å². The largest absolute Gasteiger partial charge is 0.462 e. The van der Waals surface area contributed by atoms with Gasteiger partial charge in [0, 0.05) is 6.07 Å². The number of nitro groups is 1. The molecule has 18 heavy (non-hydrogen) atoms. The topological polar surface area (TPSA) is 69.4 Å². The lowest BCUT2D eigenvalue weighted by Gasteiger charge is -2.08. The number of alkyl halides is 3. The van der Waals surface area contributed by atoms with Crippen molar-refractivity contribution in [3.63, 3.8) is 0 Å². The van der Waals surface area contributed by atoms with Gasteiger partial charge in [-0.2, -0.15) is 13.2 Å². The van der Waals surface area contributed by atoms with Gasteiger partial charge in [-0.1, -0.05) is 0 Å². The van der Waals surface area contributed by atoms with Gasteiger partial charge in [0.1, 0.15) is 5.56 Å². The third-order valence-corrected chi connectivity index (χ3v) is 2.02. The Hall–Kier alpha value is -2.12. The van der Waals surface area contributed by atoms with Crippen molar-refractivity contribution in [1.82, 2.24) is 0 Å². The van der Waals surface area contributed by atoms with Crippen LogP contribution >= 0.6 is 0 Å². The molecule has 0 spiro atoms. The first-order valence-electron chi connectivity index (χ1n) is 4.80. The second kappa shape index (κ2) is 5.03. The molecule has 0 aliphatic carbocycles. The van der Waals surface area contributed by atoms with Crippen LogP contribution in [0, 0.1) is 10.1 Å². The first-order chi connectivity index (χ1) is 8.27. The summed E-state index contributed by atoms with van der Waals surface area (Å²) in [6.07, 6.45) is -4.68. The molecule has 0 aliphatic heterocycles. The highest BCUT2D eigenvalue weighted by Crippen LogP contribution is 2.32. The van der Waals surface area contributed by atoms with Crippen LogP contribution in [0.1, 0.15) is 22.8 Å². The maximum Gasteiger partial charge on any atom is 0.416 e. The zero-order valence-electron chi connectivity index (χ0n) is 9.15. The number of hydrogen-bond acceptors (Lipinski definition) is 4. The molecule has 8 heteroatoms. The minimum absolute atomic E-state index is 0.0910. The van der Waals surface area contributed by atoms with E-state index in [1.165, 1.54) is 6.92 Å². The van der Waals surface area contributed by atoms with Gasteiger partial charge in [-0.25, -0.2) is 4.79 Å². The number of halogens is 3. The van der Waals surface area contributed by atoms with Crippen LogP contribution in [-0.2, 0) is 10.9 Å². The van der Waals surface area contributed by atoms with Gasteiger partial charge in [0.15, 0.2) is 0 Å². The van der Waals surface area contributed by atoms with Gasteiger partial charge in [-0.05, 0) is 19.1 Å². The maximum absolute atomic E-state index is 12.4. The van der Waals surface area contributed by atoms with Crippen LogP contribution in [0.3, 0.4) is 0 Å². The van der Waals surface area contributed by atoms with Crippen molar-refractivity contribution >= 4 is 11.7 Å². The van der Waals surface area contributed by atoms with E-state index in [2.05, 4.69) is 4.74 Å². The summed E-state index contributed by atoms with van der Waals surface area (Å²) in [6.45, 7) is 1.35. The van der Waals surface area contributed by atoms with Gasteiger partial charge in [-0.3, -0.25) is 10.1 Å². The lowest BCUT2D eigenvalue weighted by atomic mass is 10.1. The molecule has 1 rings (SSSR count). The van der Waals surface area contributed by atoms with E-state index in [0.29, 0.717) is 18.2 Å². The molecule has 1 aromatic carbocycles. The Labute approximate surface area is 99.3 Å². The minimum Gasteiger partial charge on any atom is -0.462 e. The lowest BCUT2D eigenvalue weighted by Crippen LogP contribution is -2.12. The average Bonchev–Trinajstić information content (AvgIpc) is 2.27. The smallest absolute Gasteiger partial charge is 0.416 e. The number of hydrogen-bond donors (Lipinski definition) is 0. The standard InChI is InChI=1S/C10H8F3NO4/c1-2-18-9(15)7-5-6(10(11,12)13)3-4-8(7)14(16)17/h3-5H,2H2,1H3. The van der Waals surface area contributed by atoms with Gasteiger partial charge in [0.25, 0.3) is 5.69 Å². The van der Waals surface area contributed by atoms with Crippen molar-refractivity contribution in [3.8, 4) is 0 Å². The minimum atomic E-state index is -4.68. The Bertz CT molecular complexity index is 485. The Balaban J connectivity index is 3.33.